The van der Waals surface area contributed by atoms with E-state index in [-0.39, 0.29) is 0 Å². The van der Waals surface area contributed by atoms with E-state index in [0.29, 0.717) is 28.3 Å². The van der Waals surface area contributed by atoms with Gasteiger partial charge in [0.05, 0.1) is 29.2 Å². The van der Waals surface area contributed by atoms with Crippen molar-refractivity contribution in [2.24, 2.45) is 0 Å². The maximum Gasteiger partial charge on any atom is 0.416 e. The number of rotatable bonds is 3. The van der Waals surface area contributed by atoms with Crippen LogP contribution < -0.4 is 0 Å². The Kier molecular flexibility index (Phi) is 4.04. The number of aromatic nitrogens is 4. The first-order valence-corrected chi connectivity index (χ1v) is 6.98. The number of alkyl halides is 3. The fourth-order valence-corrected chi connectivity index (χ4v) is 2.37. The lowest BCUT2D eigenvalue weighted by molar-refractivity contribution is -0.137. The molecular formula is C15H10ClF3N4. The van der Waals surface area contributed by atoms with Gasteiger partial charge in [0.1, 0.15) is 5.69 Å². The monoisotopic (exact) mass is 338 g/mol. The largest absolute Gasteiger partial charge is 0.416 e. The van der Waals surface area contributed by atoms with Crippen molar-refractivity contribution >= 4 is 11.6 Å². The summed E-state index contributed by atoms with van der Waals surface area (Å²) in [6.07, 6.45) is 2.07. The first-order chi connectivity index (χ1) is 10.9. The summed E-state index contributed by atoms with van der Waals surface area (Å²) >= 11 is 6.19. The van der Waals surface area contributed by atoms with E-state index in [1.807, 2.05) is 0 Å². The van der Waals surface area contributed by atoms with Crippen LogP contribution in [0.25, 0.3) is 5.69 Å². The van der Waals surface area contributed by atoms with Crippen LogP contribution in [-0.2, 0) is 12.6 Å². The van der Waals surface area contributed by atoms with Gasteiger partial charge >= 0.3 is 6.18 Å². The third-order valence-electron chi connectivity index (χ3n) is 3.28. The number of halogens is 4. The van der Waals surface area contributed by atoms with E-state index in [9.17, 15) is 13.2 Å². The van der Waals surface area contributed by atoms with E-state index in [4.69, 9.17) is 11.6 Å². The standard InChI is InChI=1S/C15H10ClF3N4/c16-13-8-20-9-14(23-21-5-6-22-23)12(13)7-10-1-3-11(4-2-10)15(17,18)19/h1-6,8-9H,7H2. The van der Waals surface area contributed by atoms with Gasteiger partial charge in [-0.1, -0.05) is 23.7 Å². The molecule has 0 radical (unpaired) electrons. The summed E-state index contributed by atoms with van der Waals surface area (Å²) in [7, 11) is 0. The second-order valence-corrected chi connectivity index (χ2v) is 5.22. The zero-order valence-corrected chi connectivity index (χ0v) is 12.4. The normalized spacial score (nSPS) is 11.7. The van der Waals surface area contributed by atoms with Crippen LogP contribution >= 0.6 is 11.6 Å². The summed E-state index contributed by atoms with van der Waals surface area (Å²) in [5.74, 6) is 0. The smallest absolute Gasteiger partial charge is 0.261 e. The average molecular weight is 339 g/mol. The quantitative estimate of drug-likeness (QED) is 0.727. The molecule has 1 aromatic carbocycles. The highest BCUT2D eigenvalue weighted by atomic mass is 35.5. The molecule has 118 valence electrons. The van der Waals surface area contributed by atoms with Crippen LogP contribution in [0.4, 0.5) is 13.2 Å². The van der Waals surface area contributed by atoms with Crippen molar-refractivity contribution in [3.05, 3.63) is 70.8 Å². The van der Waals surface area contributed by atoms with E-state index in [0.717, 1.165) is 12.1 Å². The van der Waals surface area contributed by atoms with Crippen molar-refractivity contribution in [2.75, 3.05) is 0 Å². The van der Waals surface area contributed by atoms with Crippen LogP contribution in [-0.4, -0.2) is 20.0 Å². The Morgan fingerprint density at radius 3 is 2.26 bits per heavy atom. The Morgan fingerprint density at radius 1 is 1.00 bits per heavy atom. The van der Waals surface area contributed by atoms with Crippen LogP contribution in [0.2, 0.25) is 5.02 Å². The molecule has 0 aliphatic rings. The molecule has 0 N–H and O–H groups in total. The van der Waals surface area contributed by atoms with Gasteiger partial charge in [-0.25, -0.2) is 0 Å². The molecule has 0 bridgehead atoms. The second-order valence-electron chi connectivity index (χ2n) is 4.81. The van der Waals surface area contributed by atoms with Crippen molar-refractivity contribution in [1.29, 1.82) is 0 Å². The fraction of sp³-hybridized carbons (Fsp3) is 0.133. The summed E-state index contributed by atoms with van der Waals surface area (Å²) in [6, 6.07) is 4.96. The molecule has 0 saturated heterocycles. The minimum atomic E-state index is -4.35. The van der Waals surface area contributed by atoms with Crippen molar-refractivity contribution in [3.63, 3.8) is 0 Å². The van der Waals surface area contributed by atoms with E-state index < -0.39 is 11.7 Å². The molecule has 23 heavy (non-hydrogen) atoms. The van der Waals surface area contributed by atoms with Crippen LogP contribution in [0.1, 0.15) is 16.7 Å². The SMILES string of the molecule is FC(F)(F)c1ccc(Cc2c(Cl)cncc2-n2nccn2)cc1. The molecule has 2 heterocycles. The topological polar surface area (TPSA) is 43.6 Å². The van der Waals surface area contributed by atoms with Gasteiger partial charge in [-0.05, 0) is 17.7 Å². The highest BCUT2D eigenvalue weighted by Crippen LogP contribution is 2.30. The lowest BCUT2D eigenvalue weighted by Gasteiger charge is -2.11. The maximum atomic E-state index is 12.6. The lowest BCUT2D eigenvalue weighted by Crippen LogP contribution is -2.06. The summed E-state index contributed by atoms with van der Waals surface area (Å²) in [5, 5.41) is 8.47. The van der Waals surface area contributed by atoms with Gasteiger partial charge < -0.3 is 0 Å². The molecule has 4 nitrogen and oxygen atoms in total. The molecule has 0 spiro atoms. The summed E-state index contributed by atoms with van der Waals surface area (Å²) in [4.78, 5) is 5.38. The van der Waals surface area contributed by atoms with Crippen LogP contribution in [0.15, 0.2) is 49.1 Å². The first kappa shape index (κ1) is 15.5. The Bertz CT molecular complexity index is 799. The number of benzene rings is 1. The Balaban J connectivity index is 1.94. The van der Waals surface area contributed by atoms with Gasteiger partial charge in [0.25, 0.3) is 0 Å². The Hall–Kier alpha value is -2.41. The number of pyridine rings is 1. The van der Waals surface area contributed by atoms with Gasteiger partial charge in [0, 0.05) is 18.2 Å². The van der Waals surface area contributed by atoms with Gasteiger partial charge in [0.2, 0.25) is 0 Å². The minimum absolute atomic E-state index is 0.344. The third kappa shape index (κ3) is 3.34. The van der Waals surface area contributed by atoms with Crippen LogP contribution in [0, 0.1) is 0 Å². The molecular weight excluding hydrogens is 329 g/mol. The highest BCUT2D eigenvalue weighted by Gasteiger charge is 2.29. The molecule has 0 unspecified atom stereocenters. The number of hydrogen-bond donors (Lipinski definition) is 0. The van der Waals surface area contributed by atoms with Gasteiger partial charge in [-0.2, -0.15) is 23.4 Å². The Labute approximate surface area is 134 Å². The molecule has 0 amide bonds. The van der Waals surface area contributed by atoms with Crippen molar-refractivity contribution < 1.29 is 13.2 Å². The Morgan fingerprint density at radius 2 is 1.65 bits per heavy atom. The minimum Gasteiger partial charge on any atom is -0.261 e. The summed E-state index contributed by atoms with van der Waals surface area (Å²) in [5.41, 5.74) is 1.29. The van der Waals surface area contributed by atoms with E-state index in [2.05, 4.69) is 15.2 Å². The molecule has 0 aliphatic heterocycles. The van der Waals surface area contributed by atoms with Crippen molar-refractivity contribution in [3.8, 4) is 5.69 Å². The van der Waals surface area contributed by atoms with Crippen molar-refractivity contribution in [2.45, 2.75) is 12.6 Å². The van der Waals surface area contributed by atoms with Crippen LogP contribution in [0.5, 0.6) is 0 Å². The number of nitrogens with zero attached hydrogens (tertiary/aromatic N) is 4. The summed E-state index contributed by atoms with van der Waals surface area (Å²) in [6.45, 7) is 0. The highest BCUT2D eigenvalue weighted by molar-refractivity contribution is 6.31. The molecule has 0 saturated carbocycles. The lowest BCUT2D eigenvalue weighted by atomic mass is 10.0. The van der Waals surface area contributed by atoms with E-state index in [1.165, 1.54) is 35.5 Å². The van der Waals surface area contributed by atoms with Crippen LogP contribution in [0.3, 0.4) is 0 Å². The first-order valence-electron chi connectivity index (χ1n) is 6.60. The average Bonchev–Trinajstić information content (AvgIpc) is 3.03. The predicted molar refractivity (Wildman–Crippen MR) is 78.4 cm³/mol. The molecule has 0 atom stereocenters. The zero-order valence-electron chi connectivity index (χ0n) is 11.6. The number of hydrogen-bond acceptors (Lipinski definition) is 3. The maximum absolute atomic E-state index is 12.6. The van der Waals surface area contributed by atoms with Gasteiger partial charge in [-0.3, -0.25) is 4.98 Å². The van der Waals surface area contributed by atoms with Gasteiger partial charge in [-0.15, -0.1) is 4.80 Å². The van der Waals surface area contributed by atoms with Gasteiger partial charge in [0.15, 0.2) is 0 Å². The molecule has 3 aromatic rings. The zero-order chi connectivity index (χ0) is 16.4. The summed E-state index contributed by atoms with van der Waals surface area (Å²) < 4.78 is 37.8. The van der Waals surface area contributed by atoms with E-state index >= 15 is 0 Å². The molecule has 3 rings (SSSR count). The van der Waals surface area contributed by atoms with E-state index in [1.54, 1.807) is 6.20 Å². The molecule has 8 heteroatoms. The molecule has 0 fully saturated rings. The molecule has 0 aliphatic carbocycles. The second kappa shape index (κ2) is 6.00. The fourth-order valence-electron chi connectivity index (χ4n) is 2.15. The molecule has 2 aromatic heterocycles. The van der Waals surface area contributed by atoms with Crippen molar-refractivity contribution in [1.82, 2.24) is 20.0 Å². The third-order valence-corrected chi connectivity index (χ3v) is 3.60. The predicted octanol–water partition coefficient (Wildman–Crippen LogP) is 3.93.